The molecule has 0 saturated carbocycles. The van der Waals surface area contributed by atoms with Crippen molar-refractivity contribution in [3.8, 4) is 0 Å². The Labute approximate surface area is 241 Å². The largest absolute Gasteiger partial charge is 0.480 e. The molecule has 0 aliphatic carbocycles. The topological polar surface area (TPSA) is 158 Å². The lowest BCUT2D eigenvalue weighted by Gasteiger charge is -2.44. The number of aromatic nitrogens is 1. The number of hydrogen-bond acceptors (Lipinski definition) is 7. The van der Waals surface area contributed by atoms with Gasteiger partial charge >= 0.3 is 5.97 Å². The van der Waals surface area contributed by atoms with Crippen molar-refractivity contribution in [1.82, 2.24) is 20.1 Å². The Balaban J connectivity index is 1.45. The van der Waals surface area contributed by atoms with Crippen LogP contribution in [0.3, 0.4) is 0 Å². The minimum atomic E-state index is -1.39. The third-order valence-corrected chi connectivity index (χ3v) is 8.92. The third kappa shape index (κ3) is 4.90. The summed E-state index contributed by atoms with van der Waals surface area (Å²) >= 11 is 1.24. The van der Waals surface area contributed by atoms with Crippen LogP contribution in [0, 0.1) is 11.6 Å². The quantitative estimate of drug-likeness (QED) is 0.283. The highest BCUT2D eigenvalue weighted by Crippen LogP contribution is 2.50. The predicted molar refractivity (Wildman–Crippen MR) is 148 cm³/mol. The molecule has 3 aromatic rings. The number of pyridine rings is 1. The third-order valence-electron chi connectivity index (χ3n) is 7.35. The number of nitrogens with zero attached hydrogens (tertiary/aromatic N) is 2. The molecule has 14 heteroatoms. The van der Waals surface area contributed by atoms with Crippen LogP contribution in [-0.4, -0.2) is 72.2 Å². The molecule has 4 atom stereocenters. The van der Waals surface area contributed by atoms with Crippen molar-refractivity contribution < 1.29 is 38.2 Å². The maximum atomic E-state index is 14.0. The number of thioether (sulfide) groups is 1. The number of β-lactam (4-membered cyclic amide) rings is 1. The Bertz CT molecular complexity index is 1680. The van der Waals surface area contributed by atoms with Gasteiger partial charge in [0.15, 0.2) is 11.6 Å². The molecule has 2 saturated heterocycles. The lowest BCUT2D eigenvalue weighted by Crippen LogP contribution is -2.71. The average molecular weight is 601 g/mol. The molecule has 220 valence electrons. The Kier molecular flexibility index (Phi) is 7.53. The lowest BCUT2D eigenvalue weighted by molar-refractivity contribution is -0.161. The minimum Gasteiger partial charge on any atom is -0.480 e. The number of aliphatic hydroxyl groups excluding tert-OH is 1. The molecule has 2 aromatic carbocycles. The zero-order valence-electron chi connectivity index (χ0n) is 22.3. The molecule has 42 heavy (non-hydrogen) atoms. The van der Waals surface area contributed by atoms with Crippen LogP contribution in [0.4, 0.5) is 8.78 Å². The van der Waals surface area contributed by atoms with E-state index >= 15 is 0 Å². The normalized spacial score (nSPS) is 21.4. The number of amides is 3. The van der Waals surface area contributed by atoms with Crippen LogP contribution in [0.1, 0.15) is 35.8 Å². The number of carboxylic acids is 1. The summed E-state index contributed by atoms with van der Waals surface area (Å²) in [5, 5.41) is 23.3. The van der Waals surface area contributed by atoms with Gasteiger partial charge in [0.25, 0.3) is 5.91 Å². The molecule has 2 aliphatic heterocycles. The van der Waals surface area contributed by atoms with Gasteiger partial charge in [0.05, 0.1) is 12.1 Å². The molecule has 3 heterocycles. The van der Waals surface area contributed by atoms with Crippen molar-refractivity contribution >= 4 is 46.4 Å². The Hall–Kier alpha value is -4.30. The smallest absolute Gasteiger partial charge is 0.327 e. The van der Waals surface area contributed by atoms with Crippen LogP contribution in [-0.2, 0) is 20.9 Å². The summed E-state index contributed by atoms with van der Waals surface area (Å²) in [7, 11) is 0. The second kappa shape index (κ2) is 10.8. The van der Waals surface area contributed by atoms with Crippen LogP contribution in [0.15, 0.2) is 53.5 Å². The second-order valence-electron chi connectivity index (χ2n) is 10.5. The van der Waals surface area contributed by atoms with Crippen LogP contribution >= 0.6 is 11.8 Å². The molecule has 4 N–H and O–H groups in total. The van der Waals surface area contributed by atoms with E-state index in [4.69, 9.17) is 0 Å². The van der Waals surface area contributed by atoms with Gasteiger partial charge in [0.1, 0.15) is 29.1 Å². The predicted octanol–water partition coefficient (Wildman–Crippen LogP) is 1.37. The fourth-order valence-corrected chi connectivity index (χ4v) is 7.00. The summed E-state index contributed by atoms with van der Waals surface area (Å²) in [6, 6.07) is 5.96. The van der Waals surface area contributed by atoms with E-state index in [1.807, 2.05) is 0 Å². The molecular formula is C28H26F2N4O7S. The first kappa shape index (κ1) is 29.2. The average Bonchev–Trinajstić information content (AvgIpc) is 3.21. The number of fused-ring (bicyclic) bond motifs is 2. The molecule has 0 spiro atoms. The van der Waals surface area contributed by atoms with Gasteiger partial charge in [-0.05, 0) is 25.5 Å². The van der Waals surface area contributed by atoms with Crippen LogP contribution in [0.2, 0.25) is 0 Å². The van der Waals surface area contributed by atoms with Crippen molar-refractivity contribution in [3.63, 3.8) is 0 Å². The van der Waals surface area contributed by atoms with E-state index in [1.165, 1.54) is 21.2 Å². The van der Waals surface area contributed by atoms with Crippen LogP contribution in [0.25, 0.3) is 10.9 Å². The van der Waals surface area contributed by atoms with Crippen molar-refractivity contribution in [2.45, 2.75) is 48.6 Å². The highest BCUT2D eigenvalue weighted by Gasteiger charge is 2.64. The summed E-state index contributed by atoms with van der Waals surface area (Å²) < 4.78 is 28.4. The monoisotopic (exact) mass is 600 g/mol. The lowest BCUT2D eigenvalue weighted by atomic mass is 9.95. The number of hydrogen-bond donors (Lipinski definition) is 4. The fraction of sp³-hybridized carbons (Fsp3) is 0.321. The fourth-order valence-electron chi connectivity index (χ4n) is 5.38. The number of aliphatic hydroxyl groups is 1. The number of carboxylic acid groups (broad SMARTS) is 1. The number of aliphatic carboxylic acids is 1. The summed E-state index contributed by atoms with van der Waals surface area (Å²) in [6.45, 7) is 2.82. The number of halogens is 2. The van der Waals surface area contributed by atoms with Gasteiger partial charge in [-0.25, -0.2) is 13.6 Å². The van der Waals surface area contributed by atoms with Gasteiger partial charge in [0.2, 0.25) is 17.2 Å². The van der Waals surface area contributed by atoms with E-state index in [2.05, 4.69) is 10.6 Å². The molecule has 11 nitrogen and oxygen atoms in total. The first-order valence-corrected chi connectivity index (χ1v) is 13.8. The minimum absolute atomic E-state index is 0.0356. The maximum absolute atomic E-state index is 14.0. The highest BCUT2D eigenvalue weighted by molar-refractivity contribution is 8.01. The maximum Gasteiger partial charge on any atom is 0.327 e. The Morgan fingerprint density at radius 3 is 2.40 bits per heavy atom. The molecule has 2 aliphatic rings. The van der Waals surface area contributed by atoms with E-state index in [1.54, 1.807) is 44.2 Å². The van der Waals surface area contributed by atoms with Crippen molar-refractivity contribution in [1.29, 1.82) is 0 Å². The van der Waals surface area contributed by atoms with Gasteiger partial charge in [-0.2, -0.15) is 0 Å². The molecule has 0 bridgehead atoms. The molecular weight excluding hydrogens is 574 g/mol. The van der Waals surface area contributed by atoms with Crippen LogP contribution in [0.5, 0.6) is 0 Å². The second-order valence-corrected chi connectivity index (χ2v) is 12.2. The first-order valence-electron chi connectivity index (χ1n) is 12.9. The molecule has 5 rings (SSSR count). The van der Waals surface area contributed by atoms with Gasteiger partial charge in [-0.15, -0.1) is 11.8 Å². The van der Waals surface area contributed by atoms with E-state index in [0.29, 0.717) is 11.6 Å². The Morgan fingerprint density at radius 2 is 1.76 bits per heavy atom. The summed E-state index contributed by atoms with van der Waals surface area (Å²) in [5.74, 6) is -6.04. The highest BCUT2D eigenvalue weighted by atomic mass is 32.2. The van der Waals surface area contributed by atoms with Crippen molar-refractivity contribution in [2.24, 2.45) is 0 Å². The molecule has 0 radical (unpaired) electrons. The van der Waals surface area contributed by atoms with Gasteiger partial charge < -0.3 is 30.3 Å². The van der Waals surface area contributed by atoms with E-state index in [0.717, 1.165) is 12.3 Å². The number of rotatable bonds is 8. The molecule has 1 aromatic heterocycles. The van der Waals surface area contributed by atoms with E-state index in [9.17, 15) is 43.0 Å². The van der Waals surface area contributed by atoms with Gasteiger partial charge in [-0.3, -0.25) is 19.2 Å². The van der Waals surface area contributed by atoms with Crippen molar-refractivity contribution in [2.75, 3.05) is 6.61 Å². The Morgan fingerprint density at radius 1 is 1.10 bits per heavy atom. The first-order chi connectivity index (χ1) is 19.9. The number of carbonyl (C=O) groups is 4. The summed E-state index contributed by atoms with van der Waals surface area (Å²) in [4.78, 5) is 66.2. The van der Waals surface area contributed by atoms with Crippen LogP contribution < -0.4 is 16.1 Å². The number of nitrogens with one attached hydrogen (secondary N) is 2. The number of benzene rings is 2. The zero-order chi connectivity index (χ0) is 30.5. The van der Waals surface area contributed by atoms with Gasteiger partial charge in [0, 0.05) is 28.9 Å². The number of carbonyl (C=O) groups excluding carboxylic acids is 3. The van der Waals surface area contributed by atoms with E-state index < -0.39 is 81.2 Å². The van der Waals surface area contributed by atoms with Crippen molar-refractivity contribution in [3.05, 3.63) is 81.6 Å². The SMILES string of the molecule is CC1(C)S[C@@H]2[C@H](NC(=O)[C@H](NC(=O)c3cn(CCO)c4cc(F)c(F)cc4c3=O)c3ccccc3)C(=O)N2[C@H]1C(=O)O. The zero-order valence-corrected chi connectivity index (χ0v) is 23.2. The molecule has 0 unspecified atom stereocenters. The van der Waals surface area contributed by atoms with E-state index in [-0.39, 0.29) is 17.4 Å². The molecule has 3 amide bonds. The summed E-state index contributed by atoms with van der Waals surface area (Å²) in [6.07, 6.45) is 1.09. The molecule has 2 fully saturated rings. The standard InChI is InChI=1S/C28H26F2N4O7S/c1-28(2)22(27(40)41)34-25(39)20(26(34)42-28)32-24(38)19(13-6-4-3-5-7-13)31-23(37)15-12-33(8-9-35)18-11-17(30)16(29)10-14(18)21(15)36/h3-7,10-12,19-20,22,26,35H,8-9H2,1-2H3,(H,31,37)(H,32,38)(H,40,41)/t19-,20-,22+,26-/m1/s1. The van der Waals surface area contributed by atoms with Gasteiger partial charge in [-0.1, -0.05) is 30.3 Å². The summed E-state index contributed by atoms with van der Waals surface area (Å²) in [5.41, 5.74) is -1.12.